The molecule has 3 N–H and O–H groups in total. The quantitative estimate of drug-likeness (QED) is 0.601. The first kappa shape index (κ1) is 13.2. The van der Waals surface area contributed by atoms with Crippen LogP contribution in [-0.2, 0) is 10.1 Å². The van der Waals surface area contributed by atoms with Crippen LogP contribution in [0.15, 0.2) is 65.6 Å². The summed E-state index contributed by atoms with van der Waals surface area (Å²) in [6, 6.07) is 17.7. The van der Waals surface area contributed by atoms with Crippen molar-refractivity contribution in [1.82, 2.24) is 0 Å². The molecule has 2 aromatic rings. The molecule has 2 aromatic carbocycles. The fourth-order valence-corrected chi connectivity index (χ4v) is 1.72. The Labute approximate surface area is 100 Å². The van der Waals surface area contributed by atoms with Crippen molar-refractivity contribution in [2.24, 2.45) is 0 Å². The first-order valence-electron chi connectivity index (χ1n) is 4.84. The summed E-state index contributed by atoms with van der Waals surface area (Å²) in [6.45, 7) is 0. The van der Waals surface area contributed by atoms with Crippen molar-refractivity contribution >= 4 is 15.8 Å². The molecule has 17 heavy (non-hydrogen) atoms. The summed E-state index contributed by atoms with van der Waals surface area (Å²) in [5, 5.41) is 0. The summed E-state index contributed by atoms with van der Waals surface area (Å²) in [5.41, 5.74) is 5.32. The van der Waals surface area contributed by atoms with Gasteiger partial charge in [-0.25, -0.2) is 0 Å². The van der Waals surface area contributed by atoms with E-state index in [1.807, 2.05) is 36.4 Å². The largest absolute Gasteiger partial charge is 0.398 e. The summed E-state index contributed by atoms with van der Waals surface area (Å²) < 4.78 is 29.6. The van der Waals surface area contributed by atoms with Gasteiger partial charge in [-0.2, -0.15) is 8.42 Å². The van der Waals surface area contributed by atoms with E-state index in [1.54, 1.807) is 6.07 Å². The van der Waals surface area contributed by atoms with Gasteiger partial charge in [0.1, 0.15) is 4.90 Å². The van der Waals surface area contributed by atoms with Gasteiger partial charge in [-0.1, -0.05) is 48.5 Å². The zero-order chi connectivity index (χ0) is 12.7. The molecule has 0 aromatic heterocycles. The van der Waals surface area contributed by atoms with Crippen LogP contribution in [0.4, 0.5) is 5.69 Å². The molecular weight excluding hydrogens is 238 g/mol. The highest BCUT2D eigenvalue weighted by Gasteiger charge is 2.11. The van der Waals surface area contributed by atoms with E-state index in [0.717, 1.165) is 0 Å². The van der Waals surface area contributed by atoms with Crippen LogP contribution in [0.5, 0.6) is 0 Å². The van der Waals surface area contributed by atoms with Gasteiger partial charge in [0.25, 0.3) is 10.1 Å². The lowest BCUT2D eigenvalue weighted by atomic mass is 10.3. The molecular formula is C12H13NO3S. The van der Waals surface area contributed by atoms with Gasteiger partial charge in [-0.15, -0.1) is 0 Å². The van der Waals surface area contributed by atoms with E-state index in [9.17, 15) is 8.42 Å². The predicted molar refractivity (Wildman–Crippen MR) is 67.1 cm³/mol. The Bertz CT molecular complexity index is 526. The van der Waals surface area contributed by atoms with Crippen LogP contribution in [0.2, 0.25) is 0 Å². The molecule has 0 bridgehead atoms. The van der Waals surface area contributed by atoms with E-state index < -0.39 is 10.1 Å². The monoisotopic (exact) mass is 251 g/mol. The van der Waals surface area contributed by atoms with Crippen LogP contribution in [0.3, 0.4) is 0 Å². The molecule has 0 aliphatic heterocycles. The van der Waals surface area contributed by atoms with Crippen molar-refractivity contribution < 1.29 is 13.0 Å². The second kappa shape index (κ2) is 6.03. The molecule has 2 rings (SSSR count). The maximum absolute atomic E-state index is 10.5. The molecule has 0 unspecified atom stereocenters. The molecule has 0 fully saturated rings. The SMILES string of the molecule is Nc1ccccc1S(=O)(=O)O.c1ccccc1. The molecule has 0 aliphatic carbocycles. The number of benzene rings is 2. The fourth-order valence-electron chi connectivity index (χ4n) is 1.10. The van der Waals surface area contributed by atoms with Crippen LogP contribution in [0, 0.1) is 0 Å². The molecule has 0 atom stereocenters. The molecule has 0 saturated heterocycles. The molecule has 90 valence electrons. The lowest BCUT2D eigenvalue weighted by Gasteiger charge is -1.98. The second-order valence-corrected chi connectivity index (χ2v) is 4.56. The van der Waals surface area contributed by atoms with Crippen LogP contribution < -0.4 is 5.73 Å². The van der Waals surface area contributed by atoms with Gasteiger partial charge >= 0.3 is 0 Å². The van der Waals surface area contributed by atoms with E-state index in [2.05, 4.69) is 0 Å². The van der Waals surface area contributed by atoms with Gasteiger partial charge in [-0.3, -0.25) is 4.55 Å². The van der Waals surface area contributed by atoms with Crippen molar-refractivity contribution in [3.05, 3.63) is 60.7 Å². The molecule has 4 nitrogen and oxygen atoms in total. The molecule has 0 heterocycles. The Morgan fingerprint density at radius 2 is 1.24 bits per heavy atom. The average Bonchev–Trinajstić information content (AvgIpc) is 2.31. The van der Waals surface area contributed by atoms with Crippen molar-refractivity contribution in [2.45, 2.75) is 4.90 Å². The van der Waals surface area contributed by atoms with Crippen LogP contribution in [-0.4, -0.2) is 13.0 Å². The maximum Gasteiger partial charge on any atom is 0.296 e. The minimum absolute atomic E-state index is 0.0509. The third kappa shape index (κ3) is 4.67. The van der Waals surface area contributed by atoms with Crippen LogP contribution >= 0.6 is 0 Å². The Morgan fingerprint density at radius 3 is 1.53 bits per heavy atom. The summed E-state index contributed by atoms with van der Waals surface area (Å²) in [5.74, 6) is 0. The number of nitrogen functional groups attached to an aromatic ring is 1. The summed E-state index contributed by atoms with van der Waals surface area (Å²) >= 11 is 0. The Kier molecular flexibility index (Phi) is 4.68. The first-order chi connectivity index (χ1) is 8.02. The third-order valence-corrected chi connectivity index (χ3v) is 2.79. The standard InChI is InChI=1S/C6H7NO3S.C6H6/c7-5-3-1-2-4-6(5)11(8,9)10;1-2-4-6-5-3-1/h1-4H,7H2,(H,8,9,10);1-6H. The Morgan fingerprint density at radius 1 is 0.824 bits per heavy atom. The van der Waals surface area contributed by atoms with Crippen LogP contribution in [0.1, 0.15) is 0 Å². The van der Waals surface area contributed by atoms with Gasteiger partial charge in [-0.05, 0) is 12.1 Å². The Hall–Kier alpha value is -1.85. The molecule has 0 radical (unpaired) electrons. The van der Waals surface area contributed by atoms with Crippen molar-refractivity contribution in [3.8, 4) is 0 Å². The highest BCUT2D eigenvalue weighted by atomic mass is 32.2. The van der Waals surface area contributed by atoms with Crippen molar-refractivity contribution in [2.75, 3.05) is 5.73 Å². The second-order valence-electron chi connectivity index (χ2n) is 3.17. The van der Waals surface area contributed by atoms with Gasteiger partial charge in [0.2, 0.25) is 0 Å². The highest BCUT2D eigenvalue weighted by Crippen LogP contribution is 2.15. The van der Waals surface area contributed by atoms with Gasteiger partial charge in [0, 0.05) is 0 Å². The van der Waals surface area contributed by atoms with Gasteiger partial charge < -0.3 is 5.73 Å². The Balaban J connectivity index is 0.000000202. The average molecular weight is 251 g/mol. The van der Waals surface area contributed by atoms with E-state index >= 15 is 0 Å². The molecule has 5 heteroatoms. The van der Waals surface area contributed by atoms with E-state index in [-0.39, 0.29) is 10.6 Å². The smallest absolute Gasteiger partial charge is 0.296 e. The zero-order valence-corrected chi connectivity index (χ0v) is 9.84. The lowest BCUT2D eigenvalue weighted by Crippen LogP contribution is -2.01. The predicted octanol–water partition coefficient (Wildman–Crippen LogP) is 2.20. The van der Waals surface area contributed by atoms with Gasteiger partial charge in [0.05, 0.1) is 5.69 Å². The number of anilines is 1. The summed E-state index contributed by atoms with van der Waals surface area (Å²) in [7, 11) is -4.16. The van der Waals surface area contributed by atoms with E-state index in [1.165, 1.54) is 18.2 Å². The minimum atomic E-state index is -4.16. The number of hydrogen-bond acceptors (Lipinski definition) is 3. The maximum atomic E-state index is 10.5. The molecule has 0 aliphatic rings. The summed E-state index contributed by atoms with van der Waals surface area (Å²) in [6.07, 6.45) is 0. The zero-order valence-electron chi connectivity index (χ0n) is 9.02. The number of hydrogen-bond donors (Lipinski definition) is 2. The minimum Gasteiger partial charge on any atom is -0.398 e. The van der Waals surface area contributed by atoms with Crippen molar-refractivity contribution in [3.63, 3.8) is 0 Å². The summed E-state index contributed by atoms with van der Waals surface area (Å²) in [4.78, 5) is -0.250. The third-order valence-electron chi connectivity index (χ3n) is 1.86. The molecule has 0 saturated carbocycles. The molecule has 0 amide bonds. The molecule has 0 spiro atoms. The van der Waals surface area contributed by atoms with E-state index in [4.69, 9.17) is 10.3 Å². The van der Waals surface area contributed by atoms with Crippen LogP contribution in [0.25, 0.3) is 0 Å². The topological polar surface area (TPSA) is 80.4 Å². The first-order valence-corrected chi connectivity index (χ1v) is 6.28. The highest BCUT2D eigenvalue weighted by molar-refractivity contribution is 7.86. The lowest BCUT2D eigenvalue weighted by molar-refractivity contribution is 0.483. The normalized spacial score (nSPS) is 10.2. The van der Waals surface area contributed by atoms with E-state index in [0.29, 0.717) is 0 Å². The van der Waals surface area contributed by atoms with Gasteiger partial charge in [0.15, 0.2) is 0 Å². The number of nitrogens with two attached hydrogens (primary N) is 1. The van der Waals surface area contributed by atoms with Crippen molar-refractivity contribution in [1.29, 1.82) is 0 Å². The fraction of sp³-hybridized carbons (Fsp3) is 0. The number of para-hydroxylation sites is 1. The number of rotatable bonds is 1.